The third-order valence-corrected chi connectivity index (χ3v) is 5.23. The Morgan fingerprint density at radius 2 is 2.00 bits per heavy atom. The van der Waals surface area contributed by atoms with Crippen molar-refractivity contribution in [1.82, 2.24) is 10.2 Å². The number of carbonyl (C=O) groups excluding carboxylic acids is 1. The fourth-order valence-corrected chi connectivity index (χ4v) is 4.07. The SMILES string of the molecule is COc1cccc(NC(=O)Nc2nnc(N3[C@H](C)CCC[C@@H]3C)s2)c1. The highest BCUT2D eigenvalue weighted by molar-refractivity contribution is 7.19. The summed E-state index contributed by atoms with van der Waals surface area (Å²) in [5.74, 6) is 0.684. The maximum absolute atomic E-state index is 12.2. The lowest BCUT2D eigenvalue weighted by molar-refractivity contribution is 0.262. The molecule has 1 aromatic carbocycles. The predicted octanol–water partition coefficient (Wildman–Crippen LogP) is 3.96. The van der Waals surface area contributed by atoms with Gasteiger partial charge in [0.1, 0.15) is 5.75 Å². The summed E-state index contributed by atoms with van der Waals surface area (Å²) in [4.78, 5) is 14.5. The summed E-state index contributed by atoms with van der Waals surface area (Å²) >= 11 is 1.40. The van der Waals surface area contributed by atoms with E-state index in [0.29, 0.717) is 28.7 Å². The molecule has 134 valence electrons. The molecular formula is C17H23N5O2S. The molecule has 1 fully saturated rings. The Bertz CT molecular complexity index is 725. The van der Waals surface area contributed by atoms with Gasteiger partial charge < -0.3 is 15.0 Å². The number of rotatable bonds is 4. The first-order chi connectivity index (χ1) is 12.1. The minimum absolute atomic E-state index is 0.351. The van der Waals surface area contributed by atoms with Gasteiger partial charge in [0, 0.05) is 23.8 Å². The Morgan fingerprint density at radius 3 is 2.72 bits per heavy atom. The third-order valence-electron chi connectivity index (χ3n) is 4.38. The number of methoxy groups -OCH3 is 1. The van der Waals surface area contributed by atoms with Gasteiger partial charge in [0.15, 0.2) is 0 Å². The van der Waals surface area contributed by atoms with Gasteiger partial charge in [-0.25, -0.2) is 4.79 Å². The van der Waals surface area contributed by atoms with Gasteiger partial charge in [0.05, 0.1) is 7.11 Å². The number of hydrogen-bond acceptors (Lipinski definition) is 6. The molecule has 1 aliphatic rings. The summed E-state index contributed by atoms with van der Waals surface area (Å²) in [6.07, 6.45) is 3.55. The molecule has 0 spiro atoms. The van der Waals surface area contributed by atoms with E-state index in [9.17, 15) is 4.79 Å². The van der Waals surface area contributed by atoms with Crippen LogP contribution in [0.15, 0.2) is 24.3 Å². The number of nitrogens with one attached hydrogen (secondary N) is 2. The van der Waals surface area contributed by atoms with Crippen molar-refractivity contribution in [2.45, 2.75) is 45.2 Å². The van der Waals surface area contributed by atoms with Crippen molar-refractivity contribution in [3.05, 3.63) is 24.3 Å². The molecule has 0 radical (unpaired) electrons. The van der Waals surface area contributed by atoms with Crippen LogP contribution in [0.5, 0.6) is 5.75 Å². The van der Waals surface area contributed by atoms with E-state index in [0.717, 1.165) is 18.0 Å². The average Bonchev–Trinajstić information content (AvgIpc) is 3.02. The standard InChI is InChI=1S/C17H23N5O2S/c1-11-6-4-7-12(2)22(11)17-21-20-16(25-17)19-15(23)18-13-8-5-9-14(10-13)24-3/h5,8-12H,4,6-7H2,1-3H3,(H2,18,19,20,23)/t11-,12+. The van der Waals surface area contributed by atoms with Gasteiger partial charge >= 0.3 is 6.03 Å². The predicted molar refractivity (Wildman–Crippen MR) is 101 cm³/mol. The van der Waals surface area contributed by atoms with Crippen molar-refractivity contribution in [2.24, 2.45) is 0 Å². The summed E-state index contributed by atoms with van der Waals surface area (Å²) in [7, 11) is 1.59. The van der Waals surface area contributed by atoms with Crippen LogP contribution in [0.25, 0.3) is 0 Å². The quantitative estimate of drug-likeness (QED) is 0.862. The summed E-state index contributed by atoms with van der Waals surface area (Å²) < 4.78 is 5.15. The van der Waals surface area contributed by atoms with Crippen LogP contribution < -0.4 is 20.3 Å². The van der Waals surface area contributed by atoms with Crippen molar-refractivity contribution >= 4 is 33.3 Å². The largest absolute Gasteiger partial charge is 0.497 e. The normalized spacial score (nSPS) is 20.2. The van der Waals surface area contributed by atoms with Crippen molar-refractivity contribution in [3.8, 4) is 5.75 Å². The molecule has 2 aromatic rings. The smallest absolute Gasteiger partial charge is 0.325 e. The highest BCUT2D eigenvalue weighted by Gasteiger charge is 2.27. The molecule has 0 bridgehead atoms. The molecule has 2 heterocycles. The maximum atomic E-state index is 12.2. The number of piperidine rings is 1. The maximum Gasteiger partial charge on any atom is 0.325 e. The van der Waals surface area contributed by atoms with Gasteiger partial charge in [-0.15, -0.1) is 10.2 Å². The molecule has 25 heavy (non-hydrogen) atoms. The molecule has 8 heteroatoms. The van der Waals surface area contributed by atoms with Crippen molar-refractivity contribution in [2.75, 3.05) is 22.6 Å². The second-order valence-corrected chi connectivity index (χ2v) is 7.19. The van der Waals surface area contributed by atoms with Gasteiger partial charge in [0.2, 0.25) is 10.3 Å². The Balaban J connectivity index is 1.63. The number of ether oxygens (including phenoxy) is 1. The fraction of sp³-hybridized carbons (Fsp3) is 0.471. The van der Waals surface area contributed by atoms with Crippen LogP contribution >= 0.6 is 11.3 Å². The van der Waals surface area contributed by atoms with Crippen LogP contribution in [0.3, 0.4) is 0 Å². The average molecular weight is 361 g/mol. The minimum atomic E-state index is -0.351. The summed E-state index contributed by atoms with van der Waals surface area (Å²) in [5.41, 5.74) is 0.653. The van der Waals surface area contributed by atoms with E-state index in [2.05, 4.69) is 39.6 Å². The Morgan fingerprint density at radius 1 is 1.24 bits per heavy atom. The summed E-state index contributed by atoms with van der Waals surface area (Å²) in [6, 6.07) is 7.71. The van der Waals surface area contributed by atoms with E-state index in [1.807, 2.05) is 12.1 Å². The molecule has 0 unspecified atom stereocenters. The number of carbonyl (C=O) groups is 1. The number of anilines is 3. The highest BCUT2D eigenvalue weighted by atomic mass is 32.1. The molecule has 2 N–H and O–H groups in total. The van der Waals surface area contributed by atoms with Gasteiger partial charge in [-0.3, -0.25) is 5.32 Å². The number of nitrogens with zero attached hydrogens (tertiary/aromatic N) is 3. The molecule has 1 aliphatic heterocycles. The Labute approximate surface area is 151 Å². The van der Waals surface area contributed by atoms with E-state index in [4.69, 9.17) is 4.74 Å². The lowest BCUT2D eigenvalue weighted by atomic mass is 9.98. The lowest BCUT2D eigenvalue weighted by Crippen LogP contribution is -2.43. The van der Waals surface area contributed by atoms with E-state index in [1.165, 1.54) is 17.8 Å². The zero-order chi connectivity index (χ0) is 17.8. The first kappa shape index (κ1) is 17.5. The molecule has 2 atom stereocenters. The minimum Gasteiger partial charge on any atom is -0.497 e. The molecule has 3 rings (SSSR count). The number of amides is 2. The molecule has 0 aliphatic carbocycles. The molecule has 2 amide bonds. The van der Waals surface area contributed by atoms with Crippen LogP contribution in [-0.2, 0) is 0 Å². The molecule has 7 nitrogen and oxygen atoms in total. The van der Waals surface area contributed by atoms with Crippen LogP contribution in [0, 0.1) is 0 Å². The van der Waals surface area contributed by atoms with E-state index < -0.39 is 0 Å². The summed E-state index contributed by atoms with van der Waals surface area (Å²) in [5, 5.41) is 15.2. The zero-order valence-electron chi connectivity index (χ0n) is 14.7. The molecular weight excluding hydrogens is 338 g/mol. The van der Waals surface area contributed by atoms with Crippen LogP contribution in [0.2, 0.25) is 0 Å². The van der Waals surface area contributed by atoms with Crippen LogP contribution in [0.1, 0.15) is 33.1 Å². The first-order valence-electron chi connectivity index (χ1n) is 8.40. The first-order valence-corrected chi connectivity index (χ1v) is 9.22. The lowest BCUT2D eigenvalue weighted by Gasteiger charge is -2.38. The van der Waals surface area contributed by atoms with Gasteiger partial charge in [-0.2, -0.15) is 0 Å². The van der Waals surface area contributed by atoms with Crippen molar-refractivity contribution < 1.29 is 9.53 Å². The van der Waals surface area contributed by atoms with Gasteiger partial charge in [-0.05, 0) is 45.2 Å². The second-order valence-electron chi connectivity index (χ2n) is 6.24. The second kappa shape index (κ2) is 7.69. The number of aromatic nitrogens is 2. The zero-order valence-corrected chi connectivity index (χ0v) is 15.5. The van der Waals surface area contributed by atoms with Crippen molar-refractivity contribution in [3.63, 3.8) is 0 Å². The van der Waals surface area contributed by atoms with Crippen LogP contribution in [-0.4, -0.2) is 35.4 Å². The summed E-state index contributed by atoms with van der Waals surface area (Å²) in [6.45, 7) is 4.42. The van der Waals surface area contributed by atoms with E-state index in [-0.39, 0.29) is 6.03 Å². The van der Waals surface area contributed by atoms with E-state index >= 15 is 0 Å². The molecule has 1 saturated heterocycles. The van der Waals surface area contributed by atoms with Crippen LogP contribution in [0.4, 0.5) is 20.7 Å². The Kier molecular flexibility index (Phi) is 5.37. The Hall–Kier alpha value is -2.35. The van der Waals surface area contributed by atoms with Gasteiger partial charge in [0.25, 0.3) is 0 Å². The third kappa shape index (κ3) is 4.19. The van der Waals surface area contributed by atoms with E-state index in [1.54, 1.807) is 19.2 Å². The topological polar surface area (TPSA) is 79.4 Å². The van der Waals surface area contributed by atoms with Crippen molar-refractivity contribution in [1.29, 1.82) is 0 Å². The monoisotopic (exact) mass is 361 g/mol. The molecule has 1 aromatic heterocycles. The van der Waals surface area contributed by atoms with Gasteiger partial charge in [-0.1, -0.05) is 17.4 Å². The highest BCUT2D eigenvalue weighted by Crippen LogP contribution is 2.32. The molecule has 0 saturated carbocycles. The fourth-order valence-electron chi connectivity index (χ4n) is 3.13. The number of urea groups is 1. The number of hydrogen-bond donors (Lipinski definition) is 2. The number of benzene rings is 1.